The zero-order valence-electron chi connectivity index (χ0n) is 8.83. The molecule has 0 aliphatic heterocycles. The van der Waals surface area contributed by atoms with Crippen molar-refractivity contribution in [3.05, 3.63) is 24.1 Å². The molecule has 90 valence electrons. The first-order chi connectivity index (χ1) is 8.72. The summed E-state index contributed by atoms with van der Waals surface area (Å²) in [6.45, 7) is 0. The molecule has 0 saturated heterocycles. The molecule has 0 fully saturated rings. The fourth-order valence-electron chi connectivity index (χ4n) is 1.30. The largest absolute Gasteiger partial charge is 0.366 e. The number of rotatable bonds is 2. The maximum atomic E-state index is 12.7. The average Bonchev–Trinajstić information content (AvgIpc) is 2.98. The molecule has 0 radical (unpaired) electrons. The molecule has 0 aliphatic carbocycles. The van der Waals surface area contributed by atoms with Crippen molar-refractivity contribution in [1.82, 2.24) is 30.3 Å². The lowest BCUT2D eigenvalue weighted by atomic mass is 10.3. The summed E-state index contributed by atoms with van der Waals surface area (Å²) in [7, 11) is 0. The van der Waals surface area contributed by atoms with Crippen LogP contribution >= 0.6 is 0 Å². The first kappa shape index (κ1) is 10.3. The van der Waals surface area contributed by atoms with Crippen molar-refractivity contribution in [3.8, 4) is 23.2 Å². The molecule has 0 atom stereocenters. The van der Waals surface area contributed by atoms with E-state index in [9.17, 15) is 4.39 Å². The fraction of sp³-hybridized carbons (Fsp3) is 0. The molecule has 0 amide bonds. The molecule has 8 nitrogen and oxygen atoms in total. The van der Waals surface area contributed by atoms with E-state index in [0.717, 1.165) is 6.20 Å². The highest BCUT2D eigenvalue weighted by Gasteiger charge is 2.14. The number of nitrogens with two attached hydrogens (primary N) is 1. The summed E-state index contributed by atoms with van der Waals surface area (Å²) in [6.07, 6.45) is 1.07. The van der Waals surface area contributed by atoms with Gasteiger partial charge < -0.3 is 10.3 Å². The van der Waals surface area contributed by atoms with Crippen molar-refractivity contribution in [1.29, 1.82) is 0 Å². The molecule has 0 aromatic carbocycles. The summed E-state index contributed by atoms with van der Waals surface area (Å²) in [4.78, 5) is 11.7. The van der Waals surface area contributed by atoms with Crippen LogP contribution in [0.5, 0.6) is 0 Å². The van der Waals surface area contributed by atoms with Gasteiger partial charge in [-0.15, -0.1) is 5.10 Å². The number of H-pyrrole nitrogens is 1. The molecule has 3 N–H and O–H groups in total. The smallest absolute Gasteiger partial charge is 0.295 e. The summed E-state index contributed by atoms with van der Waals surface area (Å²) in [5.74, 6) is 0.240. The van der Waals surface area contributed by atoms with Crippen molar-refractivity contribution >= 4 is 5.95 Å². The van der Waals surface area contributed by atoms with Crippen LogP contribution in [0.2, 0.25) is 0 Å². The van der Waals surface area contributed by atoms with Crippen molar-refractivity contribution in [2.24, 2.45) is 0 Å². The summed E-state index contributed by atoms with van der Waals surface area (Å²) in [5.41, 5.74) is 5.74. The number of hydrogen-bond donors (Lipinski definition) is 2. The molecule has 18 heavy (non-hydrogen) atoms. The maximum Gasteiger partial charge on any atom is 0.295 e. The van der Waals surface area contributed by atoms with Gasteiger partial charge in [0.15, 0.2) is 0 Å². The Bertz CT molecular complexity index is 674. The Hall–Kier alpha value is -2.84. The molecule has 0 unspecified atom stereocenters. The molecule has 3 rings (SSSR count). The third-order valence-electron chi connectivity index (χ3n) is 2.09. The van der Waals surface area contributed by atoms with Gasteiger partial charge >= 0.3 is 0 Å². The standard InChI is InChI=1S/C9H6FN7O/c10-4-1-2-5(12-3-4)6-13-8(18-17-6)7-14-9(11)16-15-7/h1-3H,(H3,11,14,15,16). The molecule has 0 spiro atoms. The maximum absolute atomic E-state index is 12.7. The van der Waals surface area contributed by atoms with E-state index in [1.54, 1.807) is 0 Å². The second-order valence-electron chi connectivity index (χ2n) is 3.33. The van der Waals surface area contributed by atoms with Gasteiger partial charge in [-0.2, -0.15) is 9.97 Å². The highest BCUT2D eigenvalue weighted by atomic mass is 19.1. The third-order valence-corrected chi connectivity index (χ3v) is 2.09. The molecular weight excluding hydrogens is 241 g/mol. The second kappa shape index (κ2) is 3.87. The molecular formula is C9H6FN7O. The highest BCUT2D eigenvalue weighted by molar-refractivity contribution is 5.52. The van der Waals surface area contributed by atoms with E-state index in [2.05, 4.69) is 30.3 Å². The van der Waals surface area contributed by atoms with Crippen LogP contribution in [0.1, 0.15) is 0 Å². The number of nitrogens with one attached hydrogen (secondary N) is 1. The number of anilines is 1. The van der Waals surface area contributed by atoms with Gasteiger partial charge in [-0.25, -0.2) is 9.37 Å². The van der Waals surface area contributed by atoms with Crippen molar-refractivity contribution in [3.63, 3.8) is 0 Å². The monoisotopic (exact) mass is 247 g/mol. The normalized spacial score (nSPS) is 10.7. The third kappa shape index (κ3) is 1.77. The van der Waals surface area contributed by atoms with Crippen molar-refractivity contribution in [2.75, 3.05) is 5.73 Å². The lowest BCUT2D eigenvalue weighted by Gasteiger charge is -1.91. The molecule has 0 bridgehead atoms. The van der Waals surface area contributed by atoms with Crippen LogP contribution in [0.3, 0.4) is 0 Å². The minimum Gasteiger partial charge on any atom is -0.366 e. The van der Waals surface area contributed by atoms with E-state index >= 15 is 0 Å². The second-order valence-corrected chi connectivity index (χ2v) is 3.33. The molecule has 0 aliphatic rings. The van der Waals surface area contributed by atoms with Crippen LogP contribution in [-0.4, -0.2) is 30.3 Å². The number of pyridine rings is 1. The van der Waals surface area contributed by atoms with E-state index in [-0.39, 0.29) is 23.5 Å². The van der Waals surface area contributed by atoms with E-state index < -0.39 is 5.82 Å². The number of nitrogen functional groups attached to an aromatic ring is 1. The van der Waals surface area contributed by atoms with E-state index in [4.69, 9.17) is 10.3 Å². The fourth-order valence-corrected chi connectivity index (χ4v) is 1.30. The van der Waals surface area contributed by atoms with Gasteiger partial charge in [0.25, 0.3) is 5.89 Å². The summed E-state index contributed by atoms with van der Waals surface area (Å²) in [6, 6.07) is 2.70. The van der Waals surface area contributed by atoms with Gasteiger partial charge in [-0.05, 0) is 12.1 Å². The van der Waals surface area contributed by atoms with E-state index in [1.807, 2.05) is 0 Å². The summed E-state index contributed by atoms with van der Waals surface area (Å²) in [5, 5.41) is 9.87. The van der Waals surface area contributed by atoms with Gasteiger partial charge in [-0.3, -0.25) is 5.10 Å². The first-order valence-electron chi connectivity index (χ1n) is 4.86. The number of aromatic amines is 1. The predicted molar refractivity (Wildman–Crippen MR) is 57.3 cm³/mol. The lowest BCUT2D eigenvalue weighted by molar-refractivity contribution is 0.429. The number of halogens is 1. The van der Waals surface area contributed by atoms with Crippen LogP contribution in [0.25, 0.3) is 23.2 Å². The molecule has 0 saturated carbocycles. The van der Waals surface area contributed by atoms with E-state index in [0.29, 0.717) is 5.69 Å². The van der Waals surface area contributed by atoms with Crippen molar-refractivity contribution in [2.45, 2.75) is 0 Å². The molecule has 3 heterocycles. The quantitative estimate of drug-likeness (QED) is 0.681. The minimum atomic E-state index is -0.439. The summed E-state index contributed by atoms with van der Waals surface area (Å²) < 4.78 is 17.7. The van der Waals surface area contributed by atoms with Crippen LogP contribution in [-0.2, 0) is 0 Å². The Labute approximate surface area is 99.1 Å². The van der Waals surface area contributed by atoms with Gasteiger partial charge in [0.2, 0.25) is 17.6 Å². The number of hydrogen-bond acceptors (Lipinski definition) is 7. The zero-order valence-corrected chi connectivity index (χ0v) is 8.83. The minimum absolute atomic E-state index is 0.0738. The highest BCUT2D eigenvalue weighted by Crippen LogP contribution is 2.18. The van der Waals surface area contributed by atoms with Gasteiger partial charge in [0.05, 0.1) is 6.20 Å². The average molecular weight is 247 g/mol. The number of aromatic nitrogens is 6. The first-order valence-corrected chi connectivity index (χ1v) is 4.86. The lowest BCUT2D eigenvalue weighted by Crippen LogP contribution is -1.87. The topological polar surface area (TPSA) is 119 Å². The van der Waals surface area contributed by atoms with Crippen LogP contribution in [0.15, 0.2) is 22.9 Å². The van der Waals surface area contributed by atoms with Crippen LogP contribution in [0, 0.1) is 5.82 Å². The Balaban J connectivity index is 1.96. The Morgan fingerprint density at radius 1 is 1.28 bits per heavy atom. The SMILES string of the molecule is Nc1n[nH]c(-c2nc(-c3ccc(F)cn3)no2)n1. The Morgan fingerprint density at radius 2 is 2.17 bits per heavy atom. The van der Waals surface area contributed by atoms with Gasteiger partial charge in [-0.1, -0.05) is 5.16 Å². The Morgan fingerprint density at radius 3 is 2.83 bits per heavy atom. The van der Waals surface area contributed by atoms with Crippen LogP contribution in [0.4, 0.5) is 10.3 Å². The Kier molecular flexibility index (Phi) is 2.22. The van der Waals surface area contributed by atoms with Gasteiger partial charge in [0, 0.05) is 0 Å². The number of nitrogens with zero attached hydrogens (tertiary/aromatic N) is 5. The molecule has 3 aromatic heterocycles. The van der Waals surface area contributed by atoms with Crippen LogP contribution < -0.4 is 5.73 Å². The van der Waals surface area contributed by atoms with E-state index in [1.165, 1.54) is 12.1 Å². The molecule has 3 aromatic rings. The molecule has 9 heteroatoms. The zero-order chi connectivity index (χ0) is 12.5. The summed E-state index contributed by atoms with van der Waals surface area (Å²) >= 11 is 0. The van der Waals surface area contributed by atoms with Gasteiger partial charge in [0.1, 0.15) is 11.5 Å². The van der Waals surface area contributed by atoms with Crippen molar-refractivity contribution < 1.29 is 8.91 Å². The predicted octanol–water partition coefficient (Wildman–Crippen LogP) is 0.638.